The maximum atomic E-state index is 13.2. The van der Waals surface area contributed by atoms with Gasteiger partial charge in [-0.2, -0.15) is 0 Å². The smallest absolute Gasteiger partial charge is 0.344 e. The lowest BCUT2D eigenvalue weighted by atomic mass is 9.87. The molecule has 7 nitrogen and oxygen atoms in total. The monoisotopic (exact) mass is 391 g/mol. The third-order valence-electron chi connectivity index (χ3n) is 5.69. The minimum Gasteiger partial charge on any atom is -0.497 e. The van der Waals surface area contributed by atoms with E-state index in [0.717, 1.165) is 0 Å². The normalized spacial score (nSPS) is 24.3. The van der Waals surface area contributed by atoms with Crippen LogP contribution < -0.4 is 15.3 Å². The Labute approximate surface area is 165 Å². The Morgan fingerprint density at radius 3 is 2.41 bits per heavy atom. The minimum atomic E-state index is -2.50. The summed E-state index contributed by atoms with van der Waals surface area (Å²) < 4.78 is 10.4. The third kappa shape index (κ3) is 1.93. The number of nitrogens with zero attached hydrogens (tertiary/aromatic N) is 1. The first kappa shape index (κ1) is 17.7. The number of carbonyl (C=O) groups excluding carboxylic acids is 1. The largest absolute Gasteiger partial charge is 0.497 e. The Balaban J connectivity index is 1.89. The van der Waals surface area contributed by atoms with Crippen LogP contribution in [0.15, 0.2) is 63.8 Å². The molecular formula is C22H17NO6. The molecule has 1 aliphatic heterocycles. The van der Waals surface area contributed by atoms with Crippen molar-refractivity contribution in [3.63, 3.8) is 0 Å². The first-order valence-electron chi connectivity index (χ1n) is 9.02. The number of anilines is 2. The number of Topliss-reactive ketones (excluding diaryl/α,β-unsaturated/α-hetero) is 1. The number of rotatable bonds is 2. The number of ketones is 1. The molecule has 2 N–H and O–H groups in total. The van der Waals surface area contributed by atoms with Crippen LogP contribution >= 0.6 is 0 Å². The fraction of sp³-hybridized carbons (Fsp3) is 0.182. The van der Waals surface area contributed by atoms with E-state index in [-0.39, 0.29) is 22.4 Å². The number of aliphatic hydroxyl groups is 2. The fourth-order valence-corrected chi connectivity index (χ4v) is 4.44. The molecule has 146 valence electrons. The van der Waals surface area contributed by atoms with E-state index < -0.39 is 22.7 Å². The molecule has 0 bridgehead atoms. The summed E-state index contributed by atoms with van der Waals surface area (Å²) in [7, 11) is 1.53. The Hall–Kier alpha value is -3.42. The van der Waals surface area contributed by atoms with Crippen molar-refractivity contribution in [2.75, 3.05) is 12.0 Å². The predicted molar refractivity (Wildman–Crippen MR) is 103 cm³/mol. The van der Waals surface area contributed by atoms with Gasteiger partial charge in [-0.3, -0.25) is 4.79 Å². The molecule has 1 aliphatic carbocycles. The second-order valence-electron chi connectivity index (χ2n) is 7.20. The molecular weight excluding hydrogens is 374 g/mol. The lowest BCUT2D eigenvalue weighted by molar-refractivity contribution is -0.114. The quantitative estimate of drug-likeness (QED) is 0.692. The molecule has 0 saturated heterocycles. The second-order valence-corrected chi connectivity index (χ2v) is 7.20. The zero-order valence-electron chi connectivity index (χ0n) is 15.7. The van der Waals surface area contributed by atoms with E-state index in [1.165, 1.54) is 24.1 Å². The van der Waals surface area contributed by atoms with Gasteiger partial charge in [0.05, 0.1) is 12.8 Å². The Morgan fingerprint density at radius 2 is 1.72 bits per heavy atom. The third-order valence-corrected chi connectivity index (χ3v) is 5.69. The Kier molecular flexibility index (Phi) is 3.39. The molecule has 2 heterocycles. The van der Waals surface area contributed by atoms with E-state index >= 15 is 0 Å². The van der Waals surface area contributed by atoms with Gasteiger partial charge < -0.3 is 24.3 Å². The van der Waals surface area contributed by atoms with Crippen molar-refractivity contribution in [1.82, 2.24) is 0 Å². The van der Waals surface area contributed by atoms with Gasteiger partial charge >= 0.3 is 5.63 Å². The second kappa shape index (κ2) is 5.56. The van der Waals surface area contributed by atoms with Gasteiger partial charge in [0, 0.05) is 22.9 Å². The average Bonchev–Trinajstić information content (AvgIpc) is 3.02. The maximum absolute atomic E-state index is 13.2. The summed E-state index contributed by atoms with van der Waals surface area (Å²) in [5, 5.41) is 23.5. The zero-order valence-corrected chi connectivity index (χ0v) is 15.7. The molecule has 0 spiro atoms. The molecule has 2 aromatic carbocycles. The molecule has 0 amide bonds. The van der Waals surface area contributed by atoms with Crippen LogP contribution in [-0.4, -0.2) is 23.1 Å². The molecule has 1 aromatic heterocycles. The number of benzene rings is 2. The minimum absolute atomic E-state index is 0.154. The molecule has 0 saturated carbocycles. The first-order chi connectivity index (χ1) is 13.8. The van der Waals surface area contributed by atoms with Gasteiger partial charge in [0.15, 0.2) is 0 Å². The molecule has 0 fully saturated rings. The molecule has 7 heteroatoms. The van der Waals surface area contributed by atoms with Crippen molar-refractivity contribution in [1.29, 1.82) is 0 Å². The summed E-state index contributed by atoms with van der Waals surface area (Å²) in [4.78, 5) is 27.4. The van der Waals surface area contributed by atoms with E-state index in [2.05, 4.69) is 0 Å². The van der Waals surface area contributed by atoms with Crippen molar-refractivity contribution < 1.29 is 24.2 Å². The summed E-state index contributed by atoms with van der Waals surface area (Å²) in [6.07, 6.45) is 0. The highest BCUT2D eigenvalue weighted by Gasteiger charge is 2.73. The number of hydrogen-bond acceptors (Lipinski definition) is 7. The zero-order chi connectivity index (χ0) is 20.6. The highest BCUT2D eigenvalue weighted by Crippen LogP contribution is 2.61. The summed E-state index contributed by atoms with van der Waals surface area (Å²) in [6.45, 7) is 1.59. The van der Waals surface area contributed by atoms with Crippen LogP contribution in [0.1, 0.15) is 27.2 Å². The molecule has 2 unspecified atom stereocenters. The molecule has 2 atom stereocenters. The Morgan fingerprint density at radius 1 is 1.03 bits per heavy atom. The van der Waals surface area contributed by atoms with Gasteiger partial charge in [0.1, 0.15) is 17.1 Å². The van der Waals surface area contributed by atoms with Crippen molar-refractivity contribution in [3.05, 3.63) is 87.5 Å². The van der Waals surface area contributed by atoms with Crippen LogP contribution in [0, 0.1) is 6.92 Å². The van der Waals surface area contributed by atoms with Crippen LogP contribution in [0.4, 0.5) is 11.4 Å². The number of methoxy groups -OCH3 is 1. The van der Waals surface area contributed by atoms with Crippen LogP contribution in [0.25, 0.3) is 0 Å². The predicted octanol–water partition coefficient (Wildman–Crippen LogP) is 2.34. The fourth-order valence-electron chi connectivity index (χ4n) is 4.44. The topological polar surface area (TPSA) is 100 Å². The summed E-state index contributed by atoms with van der Waals surface area (Å²) in [6, 6.07) is 14.7. The number of fused-ring (bicyclic) bond motifs is 5. The van der Waals surface area contributed by atoms with Gasteiger partial charge in [-0.25, -0.2) is 4.79 Å². The Bertz CT molecular complexity index is 1230. The maximum Gasteiger partial charge on any atom is 0.344 e. The van der Waals surface area contributed by atoms with Crippen LogP contribution in [0.2, 0.25) is 0 Å². The SMILES string of the molecule is COc1ccc(N2c3cc(C)oc(=O)c3C3(O)C(=O)c4ccccc4C23O)cc1. The first-order valence-corrected chi connectivity index (χ1v) is 9.02. The lowest BCUT2D eigenvalue weighted by Gasteiger charge is -2.38. The van der Waals surface area contributed by atoms with Gasteiger partial charge in [0.25, 0.3) is 0 Å². The average molecular weight is 391 g/mol. The van der Waals surface area contributed by atoms with E-state index in [0.29, 0.717) is 17.2 Å². The van der Waals surface area contributed by atoms with Gasteiger partial charge in [-0.05, 0) is 31.2 Å². The van der Waals surface area contributed by atoms with E-state index in [1.807, 2.05) is 0 Å². The number of ether oxygens (including phenoxy) is 1. The highest BCUT2D eigenvalue weighted by atomic mass is 16.5. The van der Waals surface area contributed by atoms with Crippen LogP contribution in [0.5, 0.6) is 5.75 Å². The number of hydrogen-bond donors (Lipinski definition) is 2. The van der Waals surface area contributed by atoms with Crippen molar-refractivity contribution in [2.45, 2.75) is 18.2 Å². The number of carbonyl (C=O) groups is 1. The van der Waals surface area contributed by atoms with Gasteiger partial charge in [-0.15, -0.1) is 0 Å². The highest BCUT2D eigenvalue weighted by molar-refractivity contribution is 6.12. The van der Waals surface area contributed by atoms with Crippen LogP contribution in [0.3, 0.4) is 0 Å². The van der Waals surface area contributed by atoms with E-state index in [9.17, 15) is 19.8 Å². The molecule has 29 heavy (non-hydrogen) atoms. The van der Waals surface area contributed by atoms with E-state index in [4.69, 9.17) is 9.15 Å². The van der Waals surface area contributed by atoms with E-state index in [1.54, 1.807) is 49.4 Å². The van der Waals surface area contributed by atoms with Gasteiger partial charge in [0.2, 0.25) is 17.1 Å². The van der Waals surface area contributed by atoms with Crippen molar-refractivity contribution in [3.8, 4) is 5.75 Å². The standard InChI is InChI=1S/C22H17NO6/c1-12-11-17-18(20(25)29-12)21(26)19(24)15-5-3-4-6-16(15)22(21,27)23(17)13-7-9-14(28-2)10-8-13/h3-11,26-27H,1-2H3. The lowest BCUT2D eigenvalue weighted by Crippen LogP contribution is -2.54. The summed E-state index contributed by atoms with van der Waals surface area (Å²) in [5.41, 5.74) is -4.78. The molecule has 0 radical (unpaired) electrons. The van der Waals surface area contributed by atoms with Gasteiger partial charge in [-0.1, -0.05) is 24.3 Å². The number of aryl methyl sites for hydroxylation is 1. The molecule has 5 rings (SSSR count). The molecule has 2 aliphatic rings. The summed E-state index contributed by atoms with van der Waals surface area (Å²) >= 11 is 0. The molecule has 3 aromatic rings. The van der Waals surface area contributed by atoms with Crippen molar-refractivity contribution in [2.24, 2.45) is 0 Å². The van der Waals surface area contributed by atoms with Crippen LogP contribution in [-0.2, 0) is 11.3 Å². The summed E-state index contributed by atoms with van der Waals surface area (Å²) in [5.74, 6) is 0.145. The van der Waals surface area contributed by atoms with Crippen molar-refractivity contribution >= 4 is 17.2 Å².